The minimum Gasteiger partial charge on any atom is -0.377 e. The van der Waals surface area contributed by atoms with E-state index >= 15 is 0 Å². The molecule has 0 aromatic rings. The Morgan fingerprint density at radius 3 is 2.53 bits per heavy atom. The molecule has 2 bridgehead atoms. The molecule has 2 fully saturated rings. The van der Waals surface area contributed by atoms with Gasteiger partial charge in [0.15, 0.2) is 0 Å². The van der Waals surface area contributed by atoms with Crippen LogP contribution in [0.1, 0.15) is 39.5 Å². The molecule has 88 valence electrons. The predicted octanol–water partition coefficient (Wildman–Crippen LogP) is 2.44. The standard InChI is InChI=1S/C13H25NO/c1-9(2)15-8-13(14-3)12-7-10-4-5-11(12)6-10/h9-14H,4-8H2,1-3H3. The van der Waals surface area contributed by atoms with E-state index in [2.05, 4.69) is 26.2 Å². The number of ether oxygens (including phenoxy) is 1. The highest BCUT2D eigenvalue weighted by atomic mass is 16.5. The van der Waals surface area contributed by atoms with Crippen molar-refractivity contribution < 1.29 is 4.74 Å². The molecule has 0 amide bonds. The van der Waals surface area contributed by atoms with Crippen molar-refractivity contribution in [2.24, 2.45) is 17.8 Å². The van der Waals surface area contributed by atoms with Crippen molar-refractivity contribution in [1.82, 2.24) is 5.32 Å². The molecule has 2 aliphatic carbocycles. The molecule has 2 heteroatoms. The molecule has 0 heterocycles. The summed E-state index contributed by atoms with van der Waals surface area (Å²) < 4.78 is 5.75. The summed E-state index contributed by atoms with van der Waals surface area (Å²) in [6, 6.07) is 0.586. The number of rotatable bonds is 5. The maximum atomic E-state index is 5.75. The maximum Gasteiger partial charge on any atom is 0.0625 e. The van der Waals surface area contributed by atoms with Gasteiger partial charge in [-0.25, -0.2) is 0 Å². The summed E-state index contributed by atoms with van der Waals surface area (Å²) in [6.07, 6.45) is 6.25. The van der Waals surface area contributed by atoms with Crippen LogP contribution in [-0.2, 0) is 4.74 Å². The molecule has 1 N–H and O–H groups in total. The minimum absolute atomic E-state index is 0.361. The molecule has 15 heavy (non-hydrogen) atoms. The average molecular weight is 211 g/mol. The molecule has 0 aliphatic heterocycles. The number of hydrogen-bond acceptors (Lipinski definition) is 2. The first-order valence-electron chi connectivity index (χ1n) is 6.49. The molecule has 2 saturated carbocycles. The third-order valence-electron chi connectivity index (χ3n) is 4.29. The third kappa shape index (κ3) is 2.54. The van der Waals surface area contributed by atoms with Gasteiger partial charge in [0, 0.05) is 6.04 Å². The van der Waals surface area contributed by atoms with Crippen molar-refractivity contribution in [3.05, 3.63) is 0 Å². The van der Waals surface area contributed by atoms with E-state index in [1.165, 1.54) is 25.7 Å². The summed E-state index contributed by atoms with van der Waals surface area (Å²) in [6.45, 7) is 5.13. The van der Waals surface area contributed by atoms with Crippen LogP contribution in [0.4, 0.5) is 0 Å². The van der Waals surface area contributed by atoms with Crippen molar-refractivity contribution in [1.29, 1.82) is 0 Å². The molecule has 0 aromatic heterocycles. The molecule has 0 saturated heterocycles. The van der Waals surface area contributed by atoms with E-state index in [4.69, 9.17) is 4.74 Å². The molecule has 2 rings (SSSR count). The Morgan fingerprint density at radius 1 is 1.27 bits per heavy atom. The first-order valence-corrected chi connectivity index (χ1v) is 6.49. The van der Waals surface area contributed by atoms with Crippen molar-refractivity contribution in [2.75, 3.05) is 13.7 Å². The van der Waals surface area contributed by atoms with E-state index in [1.54, 1.807) is 0 Å². The summed E-state index contributed by atoms with van der Waals surface area (Å²) in [5.41, 5.74) is 0. The first-order chi connectivity index (χ1) is 7.20. The Labute approximate surface area is 93.8 Å². The van der Waals surface area contributed by atoms with Gasteiger partial charge in [0.25, 0.3) is 0 Å². The smallest absolute Gasteiger partial charge is 0.0625 e. The number of likely N-dealkylation sites (N-methyl/N-ethyl adjacent to an activating group) is 1. The van der Waals surface area contributed by atoms with Gasteiger partial charge in [-0.1, -0.05) is 6.42 Å². The zero-order valence-electron chi connectivity index (χ0n) is 10.3. The topological polar surface area (TPSA) is 21.3 Å². The summed E-state index contributed by atoms with van der Waals surface area (Å²) in [5.74, 6) is 2.91. The lowest BCUT2D eigenvalue weighted by Gasteiger charge is -2.30. The Kier molecular flexibility index (Phi) is 3.68. The quantitative estimate of drug-likeness (QED) is 0.754. The monoisotopic (exact) mass is 211 g/mol. The number of nitrogens with one attached hydrogen (secondary N) is 1. The lowest BCUT2D eigenvalue weighted by atomic mass is 9.83. The van der Waals surface area contributed by atoms with Crippen LogP contribution in [0, 0.1) is 17.8 Å². The zero-order chi connectivity index (χ0) is 10.8. The third-order valence-corrected chi connectivity index (χ3v) is 4.29. The fourth-order valence-electron chi connectivity index (χ4n) is 3.50. The van der Waals surface area contributed by atoms with Gasteiger partial charge in [0.05, 0.1) is 12.7 Å². The predicted molar refractivity (Wildman–Crippen MR) is 62.9 cm³/mol. The van der Waals surface area contributed by atoms with Crippen LogP contribution in [-0.4, -0.2) is 25.8 Å². The molecule has 0 radical (unpaired) electrons. The van der Waals surface area contributed by atoms with E-state index in [0.717, 1.165) is 24.4 Å². The summed E-state index contributed by atoms with van der Waals surface area (Å²) >= 11 is 0. The Hall–Kier alpha value is -0.0800. The van der Waals surface area contributed by atoms with Gasteiger partial charge in [0.2, 0.25) is 0 Å². The Bertz CT molecular complexity index is 205. The summed E-state index contributed by atoms with van der Waals surface area (Å²) in [7, 11) is 2.08. The average Bonchev–Trinajstić information content (AvgIpc) is 2.79. The maximum absolute atomic E-state index is 5.75. The molecular weight excluding hydrogens is 186 g/mol. The highest BCUT2D eigenvalue weighted by molar-refractivity contribution is 4.94. The lowest BCUT2D eigenvalue weighted by molar-refractivity contribution is 0.0421. The molecule has 4 atom stereocenters. The fraction of sp³-hybridized carbons (Fsp3) is 1.00. The summed E-state index contributed by atoms with van der Waals surface area (Å²) in [4.78, 5) is 0. The second kappa shape index (κ2) is 4.84. The Morgan fingerprint density at radius 2 is 2.07 bits per heavy atom. The van der Waals surface area contributed by atoms with Gasteiger partial charge in [-0.15, -0.1) is 0 Å². The minimum atomic E-state index is 0.361. The molecule has 0 aromatic carbocycles. The van der Waals surface area contributed by atoms with Gasteiger partial charge in [-0.3, -0.25) is 0 Å². The molecule has 2 nitrogen and oxygen atoms in total. The van der Waals surface area contributed by atoms with Crippen LogP contribution in [0.2, 0.25) is 0 Å². The molecule has 2 aliphatic rings. The van der Waals surface area contributed by atoms with Crippen LogP contribution in [0.3, 0.4) is 0 Å². The molecule has 4 unspecified atom stereocenters. The number of hydrogen-bond donors (Lipinski definition) is 1. The van der Waals surface area contributed by atoms with Crippen LogP contribution in [0.25, 0.3) is 0 Å². The number of fused-ring (bicyclic) bond motifs is 2. The van der Waals surface area contributed by atoms with Gasteiger partial charge in [-0.2, -0.15) is 0 Å². The van der Waals surface area contributed by atoms with Crippen molar-refractivity contribution >= 4 is 0 Å². The van der Waals surface area contributed by atoms with Crippen LogP contribution in [0.5, 0.6) is 0 Å². The Balaban J connectivity index is 1.84. The zero-order valence-corrected chi connectivity index (χ0v) is 10.3. The summed E-state index contributed by atoms with van der Waals surface area (Å²) in [5, 5.41) is 3.46. The molecule has 0 spiro atoms. The van der Waals surface area contributed by atoms with Gasteiger partial charge in [-0.05, 0) is 57.9 Å². The van der Waals surface area contributed by atoms with Crippen LogP contribution in [0.15, 0.2) is 0 Å². The van der Waals surface area contributed by atoms with E-state index < -0.39 is 0 Å². The van der Waals surface area contributed by atoms with Gasteiger partial charge >= 0.3 is 0 Å². The second-order valence-electron chi connectivity index (χ2n) is 5.62. The van der Waals surface area contributed by atoms with Gasteiger partial charge in [0.1, 0.15) is 0 Å². The van der Waals surface area contributed by atoms with Crippen LogP contribution >= 0.6 is 0 Å². The first kappa shape index (κ1) is 11.4. The van der Waals surface area contributed by atoms with Crippen LogP contribution < -0.4 is 5.32 Å². The van der Waals surface area contributed by atoms with E-state index in [1.807, 2.05) is 0 Å². The SMILES string of the molecule is CNC(COC(C)C)C1CC2CCC1C2. The van der Waals surface area contributed by atoms with Crippen molar-refractivity contribution in [2.45, 2.75) is 51.7 Å². The van der Waals surface area contributed by atoms with E-state index in [-0.39, 0.29) is 0 Å². The molecular formula is C13H25NO. The highest BCUT2D eigenvalue weighted by Gasteiger charge is 2.42. The van der Waals surface area contributed by atoms with E-state index in [0.29, 0.717) is 12.1 Å². The highest BCUT2D eigenvalue weighted by Crippen LogP contribution is 2.49. The van der Waals surface area contributed by atoms with Crippen molar-refractivity contribution in [3.63, 3.8) is 0 Å². The normalized spacial score (nSPS) is 36.4. The van der Waals surface area contributed by atoms with E-state index in [9.17, 15) is 0 Å². The lowest BCUT2D eigenvalue weighted by Crippen LogP contribution is -2.40. The second-order valence-corrected chi connectivity index (χ2v) is 5.62. The van der Waals surface area contributed by atoms with Gasteiger partial charge < -0.3 is 10.1 Å². The largest absolute Gasteiger partial charge is 0.377 e. The fourth-order valence-corrected chi connectivity index (χ4v) is 3.50. The van der Waals surface area contributed by atoms with Crippen molar-refractivity contribution in [3.8, 4) is 0 Å².